The molecular weight excluding hydrogens is 330 g/mol. The summed E-state index contributed by atoms with van der Waals surface area (Å²) in [6.07, 6.45) is 3.53. The number of rotatable bonds is 4. The van der Waals surface area contributed by atoms with E-state index < -0.39 is 0 Å². The first-order valence-electron chi connectivity index (χ1n) is 8.39. The Labute approximate surface area is 152 Å². The third kappa shape index (κ3) is 3.99. The van der Waals surface area contributed by atoms with E-state index in [9.17, 15) is 0 Å². The van der Waals surface area contributed by atoms with Gasteiger partial charge in [-0.05, 0) is 35.6 Å². The summed E-state index contributed by atoms with van der Waals surface area (Å²) in [7, 11) is 0. The van der Waals surface area contributed by atoms with E-state index in [-0.39, 0.29) is 5.41 Å². The van der Waals surface area contributed by atoms with Crippen molar-refractivity contribution >= 4 is 17.6 Å². The Hall–Kier alpha value is -2.40. The zero-order valence-electron chi connectivity index (χ0n) is 15.1. The highest BCUT2D eigenvalue weighted by Crippen LogP contribution is 2.22. The minimum Gasteiger partial charge on any atom is -0.463 e. The van der Waals surface area contributed by atoms with Crippen LogP contribution in [0, 0.1) is 0 Å². The second-order valence-corrected chi connectivity index (χ2v) is 7.62. The van der Waals surface area contributed by atoms with Gasteiger partial charge < -0.3 is 4.42 Å². The van der Waals surface area contributed by atoms with Crippen LogP contribution in [-0.4, -0.2) is 17.4 Å². The molecule has 4 nitrogen and oxygen atoms in total. The standard InChI is InChI=1S/C20H23N3OS/c1-5-21-19-23(17(14-25-19)18-7-6-12-24-18)22-13-15-8-10-16(11-9-15)20(2,3)4/h6-14H,5H2,1-4H3. The molecule has 130 valence electrons. The molecule has 0 aliphatic heterocycles. The van der Waals surface area contributed by atoms with E-state index in [1.807, 2.05) is 35.3 Å². The summed E-state index contributed by atoms with van der Waals surface area (Å²) in [5.74, 6) is 0.786. The van der Waals surface area contributed by atoms with Gasteiger partial charge >= 0.3 is 0 Å². The molecule has 0 fully saturated rings. The van der Waals surface area contributed by atoms with E-state index in [1.54, 1.807) is 17.6 Å². The fourth-order valence-electron chi connectivity index (χ4n) is 2.44. The van der Waals surface area contributed by atoms with Crippen molar-refractivity contribution in [2.24, 2.45) is 10.1 Å². The Balaban J connectivity index is 1.95. The monoisotopic (exact) mass is 353 g/mol. The first-order valence-corrected chi connectivity index (χ1v) is 9.27. The van der Waals surface area contributed by atoms with Gasteiger partial charge in [-0.3, -0.25) is 4.99 Å². The lowest BCUT2D eigenvalue weighted by Gasteiger charge is -2.18. The lowest BCUT2D eigenvalue weighted by molar-refractivity contribution is 0.575. The summed E-state index contributed by atoms with van der Waals surface area (Å²) in [6, 6.07) is 12.3. The van der Waals surface area contributed by atoms with Gasteiger partial charge in [-0.1, -0.05) is 45.0 Å². The van der Waals surface area contributed by atoms with Crippen molar-refractivity contribution in [2.75, 3.05) is 6.54 Å². The molecule has 0 atom stereocenters. The van der Waals surface area contributed by atoms with E-state index in [0.717, 1.165) is 21.8 Å². The first kappa shape index (κ1) is 17.4. The van der Waals surface area contributed by atoms with Crippen molar-refractivity contribution in [2.45, 2.75) is 33.1 Å². The minimum absolute atomic E-state index is 0.150. The number of thiazole rings is 1. The number of aromatic nitrogens is 1. The van der Waals surface area contributed by atoms with Crippen molar-refractivity contribution in [3.8, 4) is 11.5 Å². The molecule has 3 rings (SSSR count). The van der Waals surface area contributed by atoms with Crippen molar-refractivity contribution < 1.29 is 4.42 Å². The maximum Gasteiger partial charge on any atom is 0.206 e. The van der Waals surface area contributed by atoms with Gasteiger partial charge in [-0.15, -0.1) is 11.3 Å². The fraction of sp³-hybridized carbons (Fsp3) is 0.300. The van der Waals surface area contributed by atoms with Crippen LogP contribution in [-0.2, 0) is 5.41 Å². The van der Waals surface area contributed by atoms with E-state index in [0.29, 0.717) is 6.54 Å². The van der Waals surface area contributed by atoms with Crippen LogP contribution in [0.5, 0.6) is 0 Å². The molecule has 5 heteroatoms. The zero-order valence-corrected chi connectivity index (χ0v) is 15.9. The number of furan rings is 1. The van der Waals surface area contributed by atoms with Gasteiger partial charge in [-0.2, -0.15) is 5.10 Å². The Bertz CT molecular complexity index is 907. The fourth-order valence-corrected chi connectivity index (χ4v) is 3.32. The van der Waals surface area contributed by atoms with E-state index in [1.165, 1.54) is 5.56 Å². The third-order valence-electron chi connectivity index (χ3n) is 3.85. The van der Waals surface area contributed by atoms with Crippen LogP contribution in [0.15, 0.2) is 62.6 Å². The molecule has 0 aliphatic carbocycles. The average Bonchev–Trinajstić information content (AvgIpc) is 3.22. The Morgan fingerprint density at radius 3 is 2.52 bits per heavy atom. The molecule has 1 aromatic carbocycles. The lowest BCUT2D eigenvalue weighted by atomic mass is 9.87. The number of hydrogen-bond donors (Lipinski definition) is 0. The van der Waals surface area contributed by atoms with E-state index >= 15 is 0 Å². The van der Waals surface area contributed by atoms with Crippen LogP contribution >= 0.6 is 11.3 Å². The van der Waals surface area contributed by atoms with E-state index in [2.05, 4.69) is 55.1 Å². The highest BCUT2D eigenvalue weighted by molar-refractivity contribution is 7.07. The highest BCUT2D eigenvalue weighted by atomic mass is 32.1. The van der Waals surface area contributed by atoms with Crippen molar-refractivity contribution in [1.82, 2.24) is 4.68 Å². The van der Waals surface area contributed by atoms with Crippen LogP contribution in [0.25, 0.3) is 11.5 Å². The van der Waals surface area contributed by atoms with Crippen LogP contribution in [0.1, 0.15) is 38.8 Å². The summed E-state index contributed by atoms with van der Waals surface area (Å²) in [4.78, 5) is 5.38. The Kier molecular flexibility index (Phi) is 5.04. The van der Waals surface area contributed by atoms with Crippen LogP contribution in [0.4, 0.5) is 0 Å². The zero-order chi connectivity index (χ0) is 17.9. The van der Waals surface area contributed by atoms with Gasteiger partial charge in [-0.25, -0.2) is 4.68 Å². The predicted octanol–water partition coefficient (Wildman–Crippen LogP) is 4.91. The molecule has 2 aromatic heterocycles. The first-order chi connectivity index (χ1) is 12.0. The third-order valence-corrected chi connectivity index (χ3v) is 4.71. The van der Waals surface area contributed by atoms with Crippen molar-refractivity contribution in [1.29, 1.82) is 0 Å². The Morgan fingerprint density at radius 2 is 1.92 bits per heavy atom. The molecule has 0 unspecified atom stereocenters. The smallest absolute Gasteiger partial charge is 0.206 e. The van der Waals surface area contributed by atoms with Gasteiger partial charge in [0.1, 0.15) is 5.69 Å². The number of hydrogen-bond acceptors (Lipinski definition) is 4. The molecular formula is C20H23N3OS. The van der Waals surface area contributed by atoms with Gasteiger partial charge in [0.05, 0.1) is 12.5 Å². The largest absolute Gasteiger partial charge is 0.463 e. The topological polar surface area (TPSA) is 42.8 Å². The van der Waals surface area contributed by atoms with Gasteiger partial charge in [0.25, 0.3) is 0 Å². The minimum atomic E-state index is 0.150. The second-order valence-electron chi connectivity index (χ2n) is 6.78. The Morgan fingerprint density at radius 1 is 1.16 bits per heavy atom. The molecule has 25 heavy (non-hydrogen) atoms. The molecule has 0 spiro atoms. The van der Waals surface area contributed by atoms with Crippen LogP contribution in [0.3, 0.4) is 0 Å². The molecule has 0 N–H and O–H groups in total. The summed E-state index contributed by atoms with van der Waals surface area (Å²) in [5, 5.41) is 6.67. The summed E-state index contributed by atoms with van der Waals surface area (Å²) >= 11 is 1.56. The van der Waals surface area contributed by atoms with Gasteiger partial charge in [0.15, 0.2) is 5.76 Å². The van der Waals surface area contributed by atoms with Gasteiger partial charge in [0, 0.05) is 11.9 Å². The van der Waals surface area contributed by atoms with Crippen molar-refractivity contribution in [3.63, 3.8) is 0 Å². The number of nitrogens with zero attached hydrogens (tertiary/aromatic N) is 3. The summed E-state index contributed by atoms with van der Waals surface area (Å²) in [6.45, 7) is 9.38. The van der Waals surface area contributed by atoms with Crippen LogP contribution < -0.4 is 4.80 Å². The molecule has 3 aromatic rings. The lowest BCUT2D eigenvalue weighted by Crippen LogP contribution is -2.12. The maximum absolute atomic E-state index is 5.53. The SMILES string of the molecule is CCN=c1scc(-c2ccco2)n1N=Cc1ccc(C(C)(C)C)cc1. The average molecular weight is 353 g/mol. The highest BCUT2D eigenvalue weighted by Gasteiger charge is 2.13. The predicted molar refractivity (Wildman–Crippen MR) is 104 cm³/mol. The van der Waals surface area contributed by atoms with Crippen LogP contribution in [0.2, 0.25) is 0 Å². The number of benzene rings is 1. The molecule has 0 saturated heterocycles. The maximum atomic E-state index is 5.53. The molecule has 0 aliphatic rings. The molecule has 0 bridgehead atoms. The molecule has 2 heterocycles. The van der Waals surface area contributed by atoms with E-state index in [4.69, 9.17) is 4.42 Å². The van der Waals surface area contributed by atoms with Crippen molar-refractivity contribution in [3.05, 3.63) is 64.0 Å². The quantitative estimate of drug-likeness (QED) is 0.615. The molecule has 0 saturated carbocycles. The molecule has 0 radical (unpaired) electrons. The molecule has 0 amide bonds. The summed E-state index contributed by atoms with van der Waals surface area (Å²) in [5.41, 5.74) is 3.42. The summed E-state index contributed by atoms with van der Waals surface area (Å²) < 4.78 is 7.37. The normalized spacial score (nSPS) is 13.0. The van der Waals surface area contributed by atoms with Gasteiger partial charge in [0.2, 0.25) is 4.80 Å². The second kappa shape index (κ2) is 7.23.